The molecule has 0 radical (unpaired) electrons. The van der Waals surface area contributed by atoms with Crippen molar-refractivity contribution in [2.45, 2.75) is 6.92 Å². The molecule has 92 valence electrons. The van der Waals surface area contributed by atoms with E-state index in [4.69, 9.17) is 9.52 Å². The highest BCUT2D eigenvalue weighted by Gasteiger charge is 2.11. The lowest BCUT2D eigenvalue weighted by Crippen LogP contribution is -2.11. The van der Waals surface area contributed by atoms with Crippen LogP contribution in [-0.4, -0.2) is 17.0 Å². The van der Waals surface area contributed by atoms with Gasteiger partial charge >= 0.3 is 5.97 Å². The van der Waals surface area contributed by atoms with Crippen LogP contribution >= 0.6 is 0 Å². The molecule has 1 heterocycles. The van der Waals surface area contributed by atoms with Crippen molar-refractivity contribution in [1.82, 2.24) is 0 Å². The first kappa shape index (κ1) is 11.9. The first-order valence-electron chi connectivity index (χ1n) is 5.27. The van der Waals surface area contributed by atoms with E-state index < -0.39 is 11.9 Å². The molecular formula is C13H11NO4. The standard InChI is InChI=1S/C13H11NO4/c1-8-5-6-11(18-8)12(15)14-10-4-2-3-9(7-10)13(16)17/h2-7H,1H3,(H,14,15)(H,16,17). The van der Waals surface area contributed by atoms with Crippen LogP contribution in [0, 0.1) is 6.92 Å². The zero-order valence-corrected chi connectivity index (χ0v) is 9.64. The van der Waals surface area contributed by atoms with Crippen LogP contribution in [0.3, 0.4) is 0 Å². The summed E-state index contributed by atoms with van der Waals surface area (Å²) in [5, 5.41) is 11.4. The number of hydrogen-bond acceptors (Lipinski definition) is 3. The summed E-state index contributed by atoms with van der Waals surface area (Å²) in [7, 11) is 0. The number of nitrogens with one attached hydrogen (secondary N) is 1. The number of carboxylic acids is 1. The van der Waals surface area contributed by atoms with Crippen molar-refractivity contribution in [2.24, 2.45) is 0 Å². The lowest BCUT2D eigenvalue weighted by atomic mass is 10.2. The Labute approximate surface area is 103 Å². The maximum atomic E-state index is 11.8. The van der Waals surface area contributed by atoms with Crippen molar-refractivity contribution in [1.29, 1.82) is 0 Å². The molecule has 5 nitrogen and oxygen atoms in total. The smallest absolute Gasteiger partial charge is 0.335 e. The monoisotopic (exact) mass is 245 g/mol. The van der Waals surface area contributed by atoms with Gasteiger partial charge in [0.25, 0.3) is 5.91 Å². The number of furan rings is 1. The van der Waals surface area contributed by atoms with Crippen molar-refractivity contribution in [3.8, 4) is 0 Å². The van der Waals surface area contributed by atoms with Gasteiger partial charge in [-0.25, -0.2) is 4.79 Å². The third kappa shape index (κ3) is 2.57. The highest BCUT2D eigenvalue weighted by Crippen LogP contribution is 2.13. The SMILES string of the molecule is Cc1ccc(C(=O)Nc2cccc(C(=O)O)c2)o1. The third-order valence-corrected chi connectivity index (χ3v) is 2.33. The van der Waals surface area contributed by atoms with Gasteiger partial charge in [-0.3, -0.25) is 4.79 Å². The number of amides is 1. The molecule has 5 heteroatoms. The average molecular weight is 245 g/mol. The molecule has 2 rings (SSSR count). The summed E-state index contributed by atoms with van der Waals surface area (Å²) < 4.78 is 5.17. The van der Waals surface area contributed by atoms with Gasteiger partial charge in [-0.1, -0.05) is 6.07 Å². The quantitative estimate of drug-likeness (QED) is 0.870. The Balaban J connectivity index is 2.16. The maximum Gasteiger partial charge on any atom is 0.335 e. The number of carbonyl (C=O) groups excluding carboxylic acids is 1. The molecule has 0 fully saturated rings. The van der Waals surface area contributed by atoms with E-state index in [1.165, 1.54) is 12.1 Å². The molecule has 0 atom stereocenters. The van der Waals surface area contributed by atoms with Crippen molar-refractivity contribution in [2.75, 3.05) is 5.32 Å². The molecule has 0 unspecified atom stereocenters. The first-order chi connectivity index (χ1) is 8.56. The molecule has 1 aromatic carbocycles. The summed E-state index contributed by atoms with van der Waals surface area (Å²) in [5.41, 5.74) is 0.525. The Bertz CT molecular complexity index is 601. The van der Waals surface area contributed by atoms with E-state index in [0.29, 0.717) is 11.4 Å². The van der Waals surface area contributed by atoms with Gasteiger partial charge in [0.15, 0.2) is 5.76 Å². The Morgan fingerprint density at radius 2 is 2.00 bits per heavy atom. The fraction of sp³-hybridized carbons (Fsp3) is 0.0769. The molecule has 18 heavy (non-hydrogen) atoms. The summed E-state index contributed by atoms with van der Waals surface area (Å²) in [4.78, 5) is 22.5. The number of rotatable bonds is 3. The summed E-state index contributed by atoms with van der Waals surface area (Å²) in [6.45, 7) is 1.74. The predicted molar refractivity (Wildman–Crippen MR) is 64.8 cm³/mol. The minimum Gasteiger partial charge on any atom is -0.478 e. The van der Waals surface area contributed by atoms with Gasteiger partial charge in [0.1, 0.15) is 5.76 Å². The number of aromatic carboxylic acids is 1. The van der Waals surface area contributed by atoms with Gasteiger partial charge in [-0.15, -0.1) is 0 Å². The molecule has 2 aromatic rings. The highest BCUT2D eigenvalue weighted by atomic mass is 16.4. The second-order valence-corrected chi connectivity index (χ2v) is 3.75. The van der Waals surface area contributed by atoms with Crippen LogP contribution in [0.1, 0.15) is 26.7 Å². The second-order valence-electron chi connectivity index (χ2n) is 3.75. The minimum atomic E-state index is -1.04. The molecule has 2 N–H and O–H groups in total. The molecule has 0 spiro atoms. The minimum absolute atomic E-state index is 0.114. The van der Waals surface area contributed by atoms with Crippen LogP contribution in [0.25, 0.3) is 0 Å². The molecule has 1 aromatic heterocycles. The average Bonchev–Trinajstić information content (AvgIpc) is 2.76. The molecule has 0 aliphatic carbocycles. The molecule has 0 saturated carbocycles. The molecule has 0 aliphatic heterocycles. The zero-order valence-electron chi connectivity index (χ0n) is 9.64. The second kappa shape index (κ2) is 4.75. The summed E-state index contributed by atoms with van der Waals surface area (Å²) in [6, 6.07) is 9.26. The Morgan fingerprint density at radius 3 is 2.61 bits per heavy atom. The number of anilines is 1. The third-order valence-electron chi connectivity index (χ3n) is 2.33. The number of carbonyl (C=O) groups is 2. The summed E-state index contributed by atoms with van der Waals surface area (Å²) in [6.07, 6.45) is 0. The fourth-order valence-electron chi connectivity index (χ4n) is 1.48. The van der Waals surface area contributed by atoms with E-state index in [-0.39, 0.29) is 11.3 Å². The van der Waals surface area contributed by atoms with E-state index in [1.54, 1.807) is 31.2 Å². The fourth-order valence-corrected chi connectivity index (χ4v) is 1.48. The number of benzene rings is 1. The van der Waals surface area contributed by atoms with Gasteiger partial charge in [0.05, 0.1) is 5.56 Å². The van der Waals surface area contributed by atoms with Crippen LogP contribution in [0.5, 0.6) is 0 Å². The molecular weight excluding hydrogens is 234 g/mol. The normalized spacial score (nSPS) is 10.1. The van der Waals surface area contributed by atoms with Crippen molar-refractivity contribution < 1.29 is 19.1 Å². The topological polar surface area (TPSA) is 79.5 Å². The van der Waals surface area contributed by atoms with E-state index in [9.17, 15) is 9.59 Å². The largest absolute Gasteiger partial charge is 0.478 e. The lowest BCUT2D eigenvalue weighted by molar-refractivity contribution is 0.0696. The number of carboxylic acid groups (broad SMARTS) is 1. The lowest BCUT2D eigenvalue weighted by Gasteiger charge is -2.03. The summed E-state index contributed by atoms with van der Waals surface area (Å²) >= 11 is 0. The Hall–Kier alpha value is -2.56. The van der Waals surface area contributed by atoms with Crippen LogP contribution in [-0.2, 0) is 0 Å². The molecule has 0 bridgehead atoms. The predicted octanol–water partition coefficient (Wildman–Crippen LogP) is 2.54. The van der Waals surface area contributed by atoms with Crippen LogP contribution in [0.4, 0.5) is 5.69 Å². The van der Waals surface area contributed by atoms with Crippen LogP contribution in [0.15, 0.2) is 40.8 Å². The Morgan fingerprint density at radius 1 is 1.22 bits per heavy atom. The Kier molecular flexibility index (Phi) is 3.14. The van der Waals surface area contributed by atoms with Gasteiger partial charge in [0, 0.05) is 5.69 Å². The van der Waals surface area contributed by atoms with Gasteiger partial charge in [-0.2, -0.15) is 0 Å². The van der Waals surface area contributed by atoms with Gasteiger partial charge in [0.2, 0.25) is 0 Å². The molecule has 1 amide bonds. The number of aryl methyl sites for hydroxylation is 1. The van der Waals surface area contributed by atoms with E-state index >= 15 is 0 Å². The van der Waals surface area contributed by atoms with Gasteiger partial charge in [-0.05, 0) is 37.3 Å². The zero-order chi connectivity index (χ0) is 13.1. The summed E-state index contributed by atoms with van der Waals surface area (Å²) in [5.74, 6) is -0.627. The first-order valence-corrected chi connectivity index (χ1v) is 5.27. The van der Waals surface area contributed by atoms with Crippen LogP contribution < -0.4 is 5.32 Å². The maximum absolute atomic E-state index is 11.8. The molecule has 0 aliphatic rings. The van der Waals surface area contributed by atoms with Crippen LogP contribution in [0.2, 0.25) is 0 Å². The van der Waals surface area contributed by atoms with E-state index in [0.717, 1.165) is 0 Å². The van der Waals surface area contributed by atoms with Crippen molar-refractivity contribution >= 4 is 17.6 Å². The van der Waals surface area contributed by atoms with E-state index in [2.05, 4.69) is 5.32 Å². The van der Waals surface area contributed by atoms with E-state index in [1.807, 2.05) is 0 Å². The molecule has 0 saturated heterocycles. The van der Waals surface area contributed by atoms with Gasteiger partial charge < -0.3 is 14.8 Å². The van der Waals surface area contributed by atoms with Crippen molar-refractivity contribution in [3.63, 3.8) is 0 Å². The number of hydrogen-bond donors (Lipinski definition) is 2. The highest BCUT2D eigenvalue weighted by molar-refractivity contribution is 6.02. The van der Waals surface area contributed by atoms with Crippen molar-refractivity contribution in [3.05, 3.63) is 53.5 Å².